The van der Waals surface area contributed by atoms with Crippen molar-refractivity contribution in [3.05, 3.63) is 114 Å². The molecule has 0 bridgehead atoms. The smallest absolute Gasteiger partial charge is 0.253 e. The molecule has 0 aliphatic carbocycles. The number of rotatable bonds is 8. The monoisotopic (exact) mass is 462 g/mol. The van der Waals surface area contributed by atoms with E-state index in [0.29, 0.717) is 24.6 Å². The van der Waals surface area contributed by atoms with Crippen molar-refractivity contribution < 1.29 is 4.79 Å². The molecule has 0 radical (unpaired) electrons. The highest BCUT2D eigenvalue weighted by Gasteiger charge is 2.13. The van der Waals surface area contributed by atoms with Crippen LogP contribution in [0, 0.1) is 0 Å². The molecule has 0 saturated carbocycles. The highest BCUT2D eigenvalue weighted by Crippen LogP contribution is 2.17. The number of carbonyl (C=O) groups excluding carboxylic acids is 1. The summed E-state index contributed by atoms with van der Waals surface area (Å²) in [5, 5.41) is 3.30. The third-order valence-corrected chi connectivity index (χ3v) is 5.82. The van der Waals surface area contributed by atoms with Gasteiger partial charge in [0.2, 0.25) is 5.95 Å². The number of fused-ring (bicyclic) bond motifs is 1. The van der Waals surface area contributed by atoms with E-state index in [9.17, 15) is 4.79 Å². The Morgan fingerprint density at radius 1 is 0.914 bits per heavy atom. The molecule has 5 aromatic rings. The van der Waals surface area contributed by atoms with Crippen LogP contribution in [-0.2, 0) is 13.0 Å². The Labute approximate surface area is 204 Å². The molecule has 35 heavy (non-hydrogen) atoms. The molecule has 0 aliphatic rings. The first-order valence-electron chi connectivity index (χ1n) is 11.5. The molecule has 1 N–H and O–H groups in total. The molecule has 0 unspecified atom stereocenters. The lowest BCUT2D eigenvalue weighted by atomic mass is 10.1. The molecule has 3 aromatic carbocycles. The van der Waals surface area contributed by atoms with Gasteiger partial charge >= 0.3 is 0 Å². The first-order chi connectivity index (χ1) is 17.2. The Morgan fingerprint density at radius 3 is 2.60 bits per heavy atom. The predicted octanol–water partition coefficient (Wildman–Crippen LogP) is 4.74. The highest BCUT2D eigenvalue weighted by molar-refractivity contribution is 5.94. The summed E-state index contributed by atoms with van der Waals surface area (Å²) in [6.07, 6.45) is 4.25. The maximum absolute atomic E-state index is 12.9. The first kappa shape index (κ1) is 22.3. The lowest BCUT2D eigenvalue weighted by Gasteiger charge is -2.18. The van der Waals surface area contributed by atoms with Crippen LogP contribution in [0.5, 0.6) is 0 Å². The van der Waals surface area contributed by atoms with E-state index < -0.39 is 0 Å². The van der Waals surface area contributed by atoms with Crippen molar-refractivity contribution in [2.24, 2.45) is 0 Å². The van der Waals surface area contributed by atoms with Crippen molar-refractivity contribution in [1.29, 1.82) is 0 Å². The second-order valence-electron chi connectivity index (χ2n) is 8.37. The fraction of sp³-hybridized carbons (Fsp3) is 0.143. The van der Waals surface area contributed by atoms with Gasteiger partial charge in [0.25, 0.3) is 5.91 Å². The van der Waals surface area contributed by atoms with Crippen LogP contribution in [0.4, 0.5) is 5.95 Å². The topological polar surface area (TPSA) is 75.9 Å². The van der Waals surface area contributed by atoms with Crippen LogP contribution in [0.1, 0.15) is 21.5 Å². The average molecular weight is 463 g/mol. The number of carbonyl (C=O) groups is 1. The van der Waals surface area contributed by atoms with Gasteiger partial charge in [0.1, 0.15) is 12.1 Å². The largest absolute Gasteiger partial charge is 0.354 e. The zero-order valence-corrected chi connectivity index (χ0v) is 19.5. The summed E-state index contributed by atoms with van der Waals surface area (Å²) in [5.41, 5.74) is 4.79. The molecular formula is C28H26N6O. The minimum Gasteiger partial charge on any atom is -0.354 e. The third kappa shape index (κ3) is 5.19. The van der Waals surface area contributed by atoms with E-state index in [1.165, 1.54) is 0 Å². The van der Waals surface area contributed by atoms with E-state index in [2.05, 4.69) is 20.3 Å². The quantitative estimate of drug-likeness (QED) is 0.360. The van der Waals surface area contributed by atoms with E-state index in [1.807, 2.05) is 96.5 Å². The Balaban J connectivity index is 1.21. The number of amides is 1. The van der Waals surface area contributed by atoms with Crippen LogP contribution >= 0.6 is 0 Å². The number of anilines is 1. The number of nitrogens with one attached hydrogen (secondary N) is 1. The van der Waals surface area contributed by atoms with E-state index in [0.717, 1.165) is 34.4 Å². The molecule has 5 rings (SSSR count). The molecule has 2 aromatic heterocycles. The molecule has 0 atom stereocenters. The van der Waals surface area contributed by atoms with Crippen molar-refractivity contribution in [3.8, 4) is 5.82 Å². The molecule has 2 heterocycles. The summed E-state index contributed by atoms with van der Waals surface area (Å²) in [4.78, 5) is 28.1. The standard InChI is InChI=1S/C28H26N6O/c1-33(19-22-8-3-2-4-9-22)27(35)23-11-7-10-21(18-23)14-16-29-28-30-17-15-26(32-28)34-20-31-24-12-5-6-13-25(24)34/h2-13,15,17-18,20H,14,16,19H2,1H3,(H,29,30,32). The fourth-order valence-corrected chi connectivity index (χ4v) is 4.04. The Bertz CT molecular complexity index is 1450. The van der Waals surface area contributed by atoms with Gasteiger partial charge in [-0.15, -0.1) is 0 Å². The van der Waals surface area contributed by atoms with Crippen molar-refractivity contribution >= 4 is 22.9 Å². The second kappa shape index (κ2) is 10.2. The Hall–Kier alpha value is -4.52. The lowest BCUT2D eigenvalue weighted by molar-refractivity contribution is 0.0785. The van der Waals surface area contributed by atoms with Gasteiger partial charge in [0, 0.05) is 31.9 Å². The van der Waals surface area contributed by atoms with Gasteiger partial charge in [-0.05, 0) is 47.9 Å². The molecule has 0 spiro atoms. The van der Waals surface area contributed by atoms with Crippen LogP contribution in [-0.4, -0.2) is 43.9 Å². The zero-order valence-electron chi connectivity index (χ0n) is 19.5. The number of benzene rings is 3. The van der Waals surface area contributed by atoms with Crippen molar-refractivity contribution in [2.75, 3.05) is 18.9 Å². The van der Waals surface area contributed by atoms with Crippen molar-refractivity contribution in [2.45, 2.75) is 13.0 Å². The molecular weight excluding hydrogens is 436 g/mol. The summed E-state index contributed by atoms with van der Waals surface area (Å²) in [6.45, 7) is 1.22. The summed E-state index contributed by atoms with van der Waals surface area (Å²) < 4.78 is 1.95. The highest BCUT2D eigenvalue weighted by atomic mass is 16.2. The maximum atomic E-state index is 12.9. The van der Waals surface area contributed by atoms with E-state index in [-0.39, 0.29) is 5.91 Å². The second-order valence-corrected chi connectivity index (χ2v) is 8.37. The molecule has 174 valence electrons. The van der Waals surface area contributed by atoms with Crippen molar-refractivity contribution in [1.82, 2.24) is 24.4 Å². The third-order valence-electron chi connectivity index (χ3n) is 5.82. The summed E-state index contributed by atoms with van der Waals surface area (Å²) >= 11 is 0. The van der Waals surface area contributed by atoms with Gasteiger partial charge in [-0.1, -0.05) is 54.6 Å². The number of para-hydroxylation sites is 2. The molecule has 1 amide bonds. The number of hydrogen-bond donors (Lipinski definition) is 1. The Morgan fingerprint density at radius 2 is 1.71 bits per heavy atom. The lowest BCUT2D eigenvalue weighted by Crippen LogP contribution is -2.26. The number of imidazole rings is 1. The average Bonchev–Trinajstić information content (AvgIpc) is 3.33. The number of nitrogens with zero attached hydrogens (tertiary/aromatic N) is 5. The Kier molecular flexibility index (Phi) is 6.48. The zero-order chi connectivity index (χ0) is 24.0. The van der Waals surface area contributed by atoms with Gasteiger partial charge in [-0.25, -0.2) is 9.97 Å². The van der Waals surface area contributed by atoms with Crippen LogP contribution in [0.15, 0.2) is 97.5 Å². The first-order valence-corrected chi connectivity index (χ1v) is 11.5. The van der Waals surface area contributed by atoms with Gasteiger partial charge in [-0.3, -0.25) is 9.36 Å². The number of hydrogen-bond acceptors (Lipinski definition) is 5. The van der Waals surface area contributed by atoms with Gasteiger partial charge in [0.05, 0.1) is 11.0 Å². The fourth-order valence-electron chi connectivity index (χ4n) is 4.04. The van der Waals surface area contributed by atoms with E-state index in [4.69, 9.17) is 0 Å². The van der Waals surface area contributed by atoms with Crippen molar-refractivity contribution in [3.63, 3.8) is 0 Å². The number of aromatic nitrogens is 4. The van der Waals surface area contributed by atoms with Gasteiger partial charge < -0.3 is 10.2 Å². The van der Waals surface area contributed by atoms with Gasteiger partial charge in [0.15, 0.2) is 0 Å². The van der Waals surface area contributed by atoms with Gasteiger partial charge in [-0.2, -0.15) is 4.98 Å². The van der Waals surface area contributed by atoms with Crippen LogP contribution in [0.3, 0.4) is 0 Å². The summed E-state index contributed by atoms with van der Waals surface area (Å²) in [5.74, 6) is 1.31. The van der Waals surface area contributed by atoms with E-state index >= 15 is 0 Å². The van der Waals surface area contributed by atoms with E-state index in [1.54, 1.807) is 17.4 Å². The molecule has 7 nitrogen and oxygen atoms in total. The summed E-state index contributed by atoms with van der Waals surface area (Å²) in [7, 11) is 1.83. The SMILES string of the molecule is CN(Cc1ccccc1)C(=O)c1cccc(CCNc2nccc(-n3cnc4ccccc43)n2)c1. The normalized spacial score (nSPS) is 10.9. The molecule has 0 fully saturated rings. The molecule has 0 saturated heterocycles. The summed E-state index contributed by atoms with van der Waals surface area (Å²) in [6, 6.07) is 27.6. The van der Waals surface area contributed by atoms with Crippen LogP contribution in [0.25, 0.3) is 16.9 Å². The minimum absolute atomic E-state index is 0.00672. The minimum atomic E-state index is 0.00672. The molecule has 0 aliphatic heterocycles. The van der Waals surface area contributed by atoms with Crippen LogP contribution < -0.4 is 5.32 Å². The van der Waals surface area contributed by atoms with Crippen LogP contribution in [0.2, 0.25) is 0 Å². The predicted molar refractivity (Wildman–Crippen MR) is 138 cm³/mol. The molecule has 7 heteroatoms. The maximum Gasteiger partial charge on any atom is 0.253 e.